The number of morpholine rings is 1. The Balaban J connectivity index is 1.82. The second kappa shape index (κ2) is 8.85. The molecule has 4 heteroatoms. The van der Waals surface area contributed by atoms with E-state index in [9.17, 15) is 4.79 Å². The molecule has 4 nitrogen and oxygen atoms in total. The monoisotopic (exact) mass is 368 g/mol. The minimum Gasteiger partial charge on any atom is -0.378 e. The van der Waals surface area contributed by atoms with Crippen LogP contribution < -0.4 is 4.90 Å². The maximum absolute atomic E-state index is 13.6. The lowest BCUT2D eigenvalue weighted by Gasteiger charge is -2.39. The summed E-state index contributed by atoms with van der Waals surface area (Å²) in [7, 11) is 4.06. The smallest absolute Gasteiger partial charge is 0.183 e. The lowest BCUT2D eigenvalue weighted by atomic mass is 9.78. The van der Waals surface area contributed by atoms with Gasteiger partial charge in [-0.15, -0.1) is 0 Å². The van der Waals surface area contributed by atoms with Crippen LogP contribution in [0.4, 0.5) is 5.69 Å². The van der Waals surface area contributed by atoms with E-state index in [2.05, 4.69) is 47.1 Å². The molecule has 3 rings (SSSR count). The predicted octanol–water partition coefficient (Wildman–Crippen LogP) is 4.08. The molecule has 0 spiro atoms. The first-order chi connectivity index (χ1) is 13.1. The molecule has 0 amide bonds. The Kier molecular flexibility index (Phi) is 6.51. The fourth-order valence-electron chi connectivity index (χ4n) is 4.13. The number of likely N-dealkylation sites (N-methyl/N-ethyl adjacent to an activating group) is 1. The first-order valence-corrected chi connectivity index (χ1v) is 10.1. The highest BCUT2D eigenvalue weighted by Gasteiger charge is 2.40. The molecular formula is C23H32N2O2. The van der Waals surface area contributed by atoms with Gasteiger partial charge in [-0.1, -0.05) is 30.7 Å². The van der Waals surface area contributed by atoms with Crippen LogP contribution >= 0.6 is 0 Å². The van der Waals surface area contributed by atoms with Crippen molar-refractivity contribution in [2.45, 2.75) is 38.1 Å². The summed E-state index contributed by atoms with van der Waals surface area (Å²) in [4.78, 5) is 18.0. The molecule has 27 heavy (non-hydrogen) atoms. The molecule has 146 valence electrons. The number of nitrogens with zero attached hydrogens (tertiary/aromatic N) is 2. The molecule has 1 aliphatic carbocycles. The van der Waals surface area contributed by atoms with E-state index < -0.39 is 5.54 Å². The SMILES string of the molecule is CCC(CC1=CC=CCC1)(C(=O)c1ccc(N2CCOCC2)cc1)N(C)C. The lowest BCUT2D eigenvalue weighted by molar-refractivity contribution is 0.0664. The van der Waals surface area contributed by atoms with Gasteiger partial charge in [-0.2, -0.15) is 0 Å². The van der Waals surface area contributed by atoms with E-state index in [4.69, 9.17) is 4.74 Å². The van der Waals surface area contributed by atoms with Gasteiger partial charge in [0.2, 0.25) is 0 Å². The van der Waals surface area contributed by atoms with Crippen LogP contribution in [-0.4, -0.2) is 56.6 Å². The molecule has 0 radical (unpaired) electrons. The molecule has 1 aromatic rings. The number of hydrogen-bond acceptors (Lipinski definition) is 4. The maximum Gasteiger partial charge on any atom is 0.183 e. The third kappa shape index (κ3) is 4.33. The Morgan fingerprint density at radius 3 is 2.44 bits per heavy atom. The van der Waals surface area contributed by atoms with Crippen molar-refractivity contribution in [3.8, 4) is 0 Å². The van der Waals surface area contributed by atoms with Gasteiger partial charge in [0.25, 0.3) is 0 Å². The van der Waals surface area contributed by atoms with E-state index in [0.29, 0.717) is 0 Å². The summed E-state index contributed by atoms with van der Waals surface area (Å²) >= 11 is 0. The zero-order chi connectivity index (χ0) is 19.3. The van der Waals surface area contributed by atoms with Crippen molar-refractivity contribution in [2.75, 3.05) is 45.3 Å². The Hall–Kier alpha value is -1.91. The zero-order valence-corrected chi connectivity index (χ0v) is 16.9. The van der Waals surface area contributed by atoms with Gasteiger partial charge in [-0.05, 0) is 64.0 Å². The average Bonchev–Trinajstić information content (AvgIpc) is 2.73. The van der Waals surface area contributed by atoms with Gasteiger partial charge in [0.1, 0.15) is 0 Å². The molecule has 0 saturated carbocycles. The second-order valence-electron chi connectivity index (χ2n) is 7.72. The normalized spacial score (nSPS) is 19.7. The van der Waals surface area contributed by atoms with Crippen molar-refractivity contribution >= 4 is 11.5 Å². The quantitative estimate of drug-likeness (QED) is 0.679. The van der Waals surface area contributed by atoms with Crippen LogP contribution in [-0.2, 0) is 4.74 Å². The number of anilines is 1. The topological polar surface area (TPSA) is 32.8 Å². The number of hydrogen-bond donors (Lipinski definition) is 0. The van der Waals surface area contributed by atoms with E-state index in [1.165, 1.54) is 11.3 Å². The summed E-state index contributed by atoms with van der Waals surface area (Å²) in [5, 5.41) is 0. The van der Waals surface area contributed by atoms with Gasteiger partial charge in [0.15, 0.2) is 5.78 Å². The molecule has 1 heterocycles. The molecule has 1 aliphatic heterocycles. The predicted molar refractivity (Wildman–Crippen MR) is 112 cm³/mol. The Morgan fingerprint density at radius 1 is 1.19 bits per heavy atom. The van der Waals surface area contributed by atoms with Crippen LogP contribution in [0.3, 0.4) is 0 Å². The third-order valence-corrected chi connectivity index (χ3v) is 5.99. The maximum atomic E-state index is 13.6. The highest BCUT2D eigenvalue weighted by Crippen LogP contribution is 2.33. The molecule has 2 aliphatic rings. The Labute approximate surface area is 163 Å². The first kappa shape index (κ1) is 19.8. The third-order valence-electron chi connectivity index (χ3n) is 5.99. The summed E-state index contributed by atoms with van der Waals surface area (Å²) in [6.45, 7) is 5.48. The van der Waals surface area contributed by atoms with E-state index in [0.717, 1.165) is 57.6 Å². The Bertz CT molecular complexity index is 700. The molecule has 1 atom stereocenters. The zero-order valence-electron chi connectivity index (χ0n) is 16.9. The summed E-state index contributed by atoms with van der Waals surface area (Å²) < 4.78 is 5.43. The minimum absolute atomic E-state index is 0.221. The number of allylic oxidation sites excluding steroid dienone is 3. The number of carbonyl (C=O) groups excluding carboxylic acids is 1. The standard InChI is InChI=1S/C23H32N2O2/c1-4-23(24(2)3,18-19-8-6-5-7-9-19)22(26)20-10-12-21(13-11-20)25-14-16-27-17-15-25/h5-6,8,10-13H,4,7,9,14-18H2,1-3H3. The number of Topliss-reactive ketones (excluding diaryl/α,β-unsaturated/α-hetero) is 1. The lowest BCUT2D eigenvalue weighted by Crippen LogP contribution is -2.51. The van der Waals surface area contributed by atoms with Crippen molar-refractivity contribution in [3.05, 3.63) is 53.6 Å². The van der Waals surface area contributed by atoms with Crippen LogP contribution in [0.15, 0.2) is 48.1 Å². The molecule has 0 aromatic heterocycles. The van der Waals surface area contributed by atoms with Crippen LogP contribution in [0.25, 0.3) is 0 Å². The molecule has 1 saturated heterocycles. The number of carbonyl (C=O) groups is 1. The number of ketones is 1. The summed E-state index contributed by atoms with van der Waals surface area (Å²) in [5.41, 5.74) is 2.85. The van der Waals surface area contributed by atoms with Gasteiger partial charge in [0.05, 0.1) is 18.8 Å². The van der Waals surface area contributed by atoms with Crippen LogP contribution in [0.2, 0.25) is 0 Å². The van der Waals surface area contributed by atoms with Crippen LogP contribution in [0, 0.1) is 0 Å². The van der Waals surface area contributed by atoms with Crippen molar-refractivity contribution in [3.63, 3.8) is 0 Å². The largest absolute Gasteiger partial charge is 0.378 e. The molecule has 1 fully saturated rings. The fourth-order valence-corrected chi connectivity index (χ4v) is 4.13. The van der Waals surface area contributed by atoms with E-state index in [1.807, 2.05) is 26.2 Å². The summed E-state index contributed by atoms with van der Waals surface area (Å²) in [6.07, 6.45) is 10.2. The van der Waals surface area contributed by atoms with E-state index in [1.54, 1.807) is 0 Å². The highest BCUT2D eigenvalue weighted by atomic mass is 16.5. The van der Waals surface area contributed by atoms with Gasteiger partial charge in [0, 0.05) is 24.3 Å². The minimum atomic E-state index is -0.489. The fraction of sp³-hybridized carbons (Fsp3) is 0.522. The molecule has 0 N–H and O–H groups in total. The van der Waals surface area contributed by atoms with Gasteiger partial charge in [-0.25, -0.2) is 0 Å². The number of benzene rings is 1. The van der Waals surface area contributed by atoms with Gasteiger partial charge in [-0.3, -0.25) is 9.69 Å². The van der Waals surface area contributed by atoms with Crippen molar-refractivity contribution in [1.29, 1.82) is 0 Å². The molecule has 1 aromatic carbocycles. The van der Waals surface area contributed by atoms with E-state index in [-0.39, 0.29) is 5.78 Å². The molecule has 1 unspecified atom stereocenters. The van der Waals surface area contributed by atoms with Crippen LogP contribution in [0.5, 0.6) is 0 Å². The highest BCUT2D eigenvalue weighted by molar-refractivity contribution is 6.03. The van der Waals surface area contributed by atoms with Crippen molar-refractivity contribution in [2.24, 2.45) is 0 Å². The number of ether oxygens (including phenoxy) is 1. The van der Waals surface area contributed by atoms with Gasteiger partial charge >= 0.3 is 0 Å². The second-order valence-corrected chi connectivity index (χ2v) is 7.72. The van der Waals surface area contributed by atoms with Crippen molar-refractivity contribution < 1.29 is 9.53 Å². The van der Waals surface area contributed by atoms with Crippen molar-refractivity contribution in [1.82, 2.24) is 4.90 Å². The summed E-state index contributed by atoms with van der Waals surface area (Å²) in [6, 6.07) is 8.15. The Morgan fingerprint density at radius 2 is 1.89 bits per heavy atom. The van der Waals surface area contributed by atoms with Crippen LogP contribution in [0.1, 0.15) is 43.0 Å². The average molecular weight is 369 g/mol. The number of rotatable bonds is 7. The molecule has 0 bridgehead atoms. The van der Waals surface area contributed by atoms with Gasteiger partial charge < -0.3 is 9.64 Å². The summed E-state index contributed by atoms with van der Waals surface area (Å²) in [5.74, 6) is 0.221. The molecular weight excluding hydrogens is 336 g/mol. The first-order valence-electron chi connectivity index (χ1n) is 10.1. The van der Waals surface area contributed by atoms with E-state index >= 15 is 0 Å².